The van der Waals surface area contributed by atoms with E-state index in [1.54, 1.807) is 54.6 Å². The van der Waals surface area contributed by atoms with Crippen molar-refractivity contribution in [3.8, 4) is 11.5 Å². The lowest BCUT2D eigenvalue weighted by molar-refractivity contribution is -0.118. The first kappa shape index (κ1) is 21.5. The molecule has 2 N–H and O–H groups in total. The van der Waals surface area contributed by atoms with Crippen molar-refractivity contribution >= 4 is 38.9 Å². The average molecular weight is 447 g/mol. The van der Waals surface area contributed by atoms with E-state index in [0.717, 1.165) is 0 Å². The Bertz CT molecular complexity index is 1130. The van der Waals surface area contributed by atoms with Gasteiger partial charge in [0.05, 0.1) is 17.7 Å². The average Bonchev–Trinajstić information content (AvgIpc) is 2.74. The van der Waals surface area contributed by atoms with Crippen LogP contribution in [0, 0.1) is 0 Å². The number of amides is 1. The maximum Gasteiger partial charge on any atom is 0.262 e. The molecule has 3 rings (SSSR count). The van der Waals surface area contributed by atoms with Crippen LogP contribution in [0.3, 0.4) is 0 Å². The second-order valence-electron chi connectivity index (χ2n) is 6.12. The first-order valence-electron chi connectivity index (χ1n) is 8.81. The van der Waals surface area contributed by atoms with Gasteiger partial charge in [-0.3, -0.25) is 9.52 Å². The molecule has 0 saturated carbocycles. The van der Waals surface area contributed by atoms with Gasteiger partial charge in [0.2, 0.25) is 0 Å². The number of hydrogen-bond acceptors (Lipinski definition) is 5. The Balaban J connectivity index is 1.67. The normalized spacial score (nSPS) is 10.9. The van der Waals surface area contributed by atoms with E-state index in [9.17, 15) is 13.2 Å². The lowest BCUT2D eigenvalue weighted by atomic mass is 10.3. The summed E-state index contributed by atoms with van der Waals surface area (Å²) in [7, 11) is -2.43. The fourth-order valence-electron chi connectivity index (χ4n) is 2.55. The number of halogens is 1. The summed E-state index contributed by atoms with van der Waals surface area (Å²) in [5, 5.41) is 3.18. The number of nitrogens with one attached hydrogen (secondary N) is 2. The van der Waals surface area contributed by atoms with E-state index in [0.29, 0.717) is 27.9 Å². The molecular formula is C21H19ClN2O5S. The summed E-state index contributed by atoms with van der Waals surface area (Å²) < 4.78 is 38.5. The smallest absolute Gasteiger partial charge is 0.262 e. The van der Waals surface area contributed by atoms with Crippen LogP contribution in [-0.2, 0) is 14.8 Å². The Morgan fingerprint density at radius 3 is 2.47 bits per heavy atom. The van der Waals surface area contributed by atoms with Gasteiger partial charge in [-0.1, -0.05) is 29.8 Å². The van der Waals surface area contributed by atoms with Crippen molar-refractivity contribution in [2.75, 3.05) is 23.8 Å². The summed E-state index contributed by atoms with van der Waals surface area (Å²) in [6.07, 6.45) is 0. The third-order valence-corrected chi connectivity index (χ3v) is 5.58. The van der Waals surface area contributed by atoms with Gasteiger partial charge >= 0.3 is 0 Å². The van der Waals surface area contributed by atoms with Crippen molar-refractivity contribution in [2.24, 2.45) is 0 Å². The zero-order valence-corrected chi connectivity index (χ0v) is 17.5. The molecule has 0 aliphatic carbocycles. The number of methoxy groups -OCH3 is 1. The van der Waals surface area contributed by atoms with Crippen LogP contribution in [0.1, 0.15) is 0 Å². The van der Waals surface area contributed by atoms with E-state index >= 15 is 0 Å². The third-order valence-electron chi connectivity index (χ3n) is 3.96. The van der Waals surface area contributed by atoms with Crippen LogP contribution in [0.15, 0.2) is 77.7 Å². The fourth-order valence-corrected chi connectivity index (χ4v) is 3.79. The molecule has 0 atom stereocenters. The quantitative estimate of drug-likeness (QED) is 0.541. The van der Waals surface area contributed by atoms with Crippen LogP contribution in [0.2, 0.25) is 5.02 Å². The summed E-state index contributed by atoms with van der Waals surface area (Å²) in [4.78, 5) is 12.1. The Morgan fingerprint density at radius 2 is 1.73 bits per heavy atom. The van der Waals surface area contributed by atoms with E-state index in [1.807, 2.05) is 0 Å². The number of carbonyl (C=O) groups excluding carboxylic acids is 1. The number of ether oxygens (including phenoxy) is 2. The first-order valence-corrected chi connectivity index (χ1v) is 10.7. The van der Waals surface area contributed by atoms with Crippen molar-refractivity contribution in [1.82, 2.24) is 0 Å². The third kappa shape index (κ3) is 5.65. The van der Waals surface area contributed by atoms with Gasteiger partial charge in [0.1, 0.15) is 11.5 Å². The van der Waals surface area contributed by atoms with Crippen molar-refractivity contribution in [2.45, 2.75) is 4.90 Å². The molecule has 156 valence electrons. The van der Waals surface area contributed by atoms with E-state index in [1.165, 1.54) is 25.3 Å². The molecule has 0 aliphatic heterocycles. The number of para-hydroxylation sites is 2. The van der Waals surface area contributed by atoms with Crippen LogP contribution in [0.25, 0.3) is 0 Å². The Labute approximate surface area is 179 Å². The Hall–Kier alpha value is -3.23. The second kappa shape index (κ2) is 9.51. The lowest BCUT2D eigenvalue weighted by Crippen LogP contribution is -2.20. The largest absolute Gasteiger partial charge is 0.495 e. The summed E-state index contributed by atoms with van der Waals surface area (Å²) in [5.74, 6) is 0.453. The van der Waals surface area contributed by atoms with Gasteiger partial charge in [0.25, 0.3) is 15.9 Å². The predicted octanol–water partition coefficient (Wildman–Crippen LogP) is 4.17. The van der Waals surface area contributed by atoms with Gasteiger partial charge in [0, 0.05) is 10.7 Å². The molecule has 0 unspecified atom stereocenters. The van der Waals surface area contributed by atoms with E-state index in [-0.39, 0.29) is 11.5 Å². The highest BCUT2D eigenvalue weighted by Crippen LogP contribution is 2.26. The molecule has 0 spiro atoms. The molecule has 0 bridgehead atoms. The van der Waals surface area contributed by atoms with Crippen molar-refractivity contribution in [1.29, 1.82) is 0 Å². The van der Waals surface area contributed by atoms with E-state index < -0.39 is 15.9 Å². The fraction of sp³-hybridized carbons (Fsp3) is 0.0952. The van der Waals surface area contributed by atoms with Crippen molar-refractivity contribution in [3.63, 3.8) is 0 Å². The summed E-state index contributed by atoms with van der Waals surface area (Å²) in [6, 6.07) is 19.2. The highest BCUT2D eigenvalue weighted by Gasteiger charge is 2.17. The molecule has 0 radical (unpaired) electrons. The minimum Gasteiger partial charge on any atom is -0.495 e. The summed E-state index contributed by atoms with van der Waals surface area (Å²) in [6.45, 7) is -0.238. The van der Waals surface area contributed by atoms with Crippen LogP contribution in [0.4, 0.5) is 11.4 Å². The molecule has 1 amide bonds. The van der Waals surface area contributed by atoms with Gasteiger partial charge in [-0.2, -0.15) is 0 Å². The Kier molecular flexibility index (Phi) is 6.81. The van der Waals surface area contributed by atoms with Gasteiger partial charge in [-0.05, 0) is 54.6 Å². The first-order chi connectivity index (χ1) is 14.4. The van der Waals surface area contributed by atoms with Crippen molar-refractivity contribution in [3.05, 3.63) is 77.8 Å². The van der Waals surface area contributed by atoms with Gasteiger partial charge in [-0.15, -0.1) is 0 Å². The summed E-state index contributed by atoms with van der Waals surface area (Å²) >= 11 is 5.81. The monoisotopic (exact) mass is 446 g/mol. The highest BCUT2D eigenvalue weighted by atomic mass is 35.5. The van der Waals surface area contributed by atoms with Crippen LogP contribution >= 0.6 is 11.6 Å². The van der Waals surface area contributed by atoms with Crippen LogP contribution in [0.5, 0.6) is 11.5 Å². The molecule has 0 heterocycles. The lowest BCUT2D eigenvalue weighted by Gasteiger charge is -2.13. The molecule has 7 nitrogen and oxygen atoms in total. The highest BCUT2D eigenvalue weighted by molar-refractivity contribution is 7.92. The van der Waals surface area contributed by atoms with Gasteiger partial charge < -0.3 is 14.8 Å². The van der Waals surface area contributed by atoms with Crippen molar-refractivity contribution < 1.29 is 22.7 Å². The van der Waals surface area contributed by atoms with Crippen LogP contribution < -0.4 is 19.5 Å². The zero-order chi connectivity index (χ0) is 21.6. The number of hydrogen-bond donors (Lipinski definition) is 2. The van der Waals surface area contributed by atoms with E-state index in [2.05, 4.69) is 10.0 Å². The zero-order valence-electron chi connectivity index (χ0n) is 16.0. The standard InChI is InChI=1S/C21H19ClN2O5S/c1-28-20-8-3-2-7-19(20)24-30(26,27)18-6-4-5-16(13-18)23-21(25)14-29-17-11-9-15(22)10-12-17/h2-13,24H,14H2,1H3,(H,23,25). The number of sulfonamides is 1. The van der Waals surface area contributed by atoms with Gasteiger partial charge in [-0.25, -0.2) is 8.42 Å². The molecule has 0 aliphatic rings. The number of anilines is 2. The van der Waals surface area contributed by atoms with Crippen LogP contribution in [-0.4, -0.2) is 28.0 Å². The molecule has 0 saturated heterocycles. The molecule has 3 aromatic rings. The minimum atomic E-state index is -3.89. The molecule has 9 heteroatoms. The topological polar surface area (TPSA) is 93.7 Å². The predicted molar refractivity (Wildman–Crippen MR) is 116 cm³/mol. The summed E-state index contributed by atoms with van der Waals surface area (Å²) in [5.41, 5.74) is 0.633. The second-order valence-corrected chi connectivity index (χ2v) is 8.24. The minimum absolute atomic E-state index is 0.00942. The maximum atomic E-state index is 12.7. The molecule has 3 aromatic carbocycles. The Morgan fingerprint density at radius 1 is 1.00 bits per heavy atom. The SMILES string of the molecule is COc1ccccc1NS(=O)(=O)c1cccc(NC(=O)COc2ccc(Cl)cc2)c1. The number of benzene rings is 3. The van der Waals surface area contributed by atoms with E-state index in [4.69, 9.17) is 21.1 Å². The number of rotatable bonds is 8. The molecule has 0 fully saturated rings. The number of carbonyl (C=O) groups is 1. The molecule has 0 aromatic heterocycles. The molecule has 30 heavy (non-hydrogen) atoms. The van der Waals surface area contributed by atoms with Gasteiger partial charge in [0.15, 0.2) is 6.61 Å². The molecular weight excluding hydrogens is 428 g/mol. The maximum absolute atomic E-state index is 12.7.